The quantitative estimate of drug-likeness (QED) is 0.856. The topological polar surface area (TPSA) is 80.5 Å². The molecule has 0 radical (unpaired) electrons. The van der Waals surface area contributed by atoms with Gasteiger partial charge in [0.15, 0.2) is 0 Å². The number of nitrogens with zero attached hydrogens (tertiary/aromatic N) is 2. The van der Waals surface area contributed by atoms with Crippen LogP contribution in [0.3, 0.4) is 0 Å². The molecule has 1 aromatic heterocycles. The van der Waals surface area contributed by atoms with Gasteiger partial charge < -0.3 is 20.7 Å². The number of nitrogens with one attached hydrogen (secondary N) is 1. The zero-order valence-electron chi connectivity index (χ0n) is 12.5. The average molecular weight is 300 g/mol. The van der Waals surface area contributed by atoms with Crippen molar-refractivity contribution in [3.63, 3.8) is 0 Å². The molecule has 1 aromatic carbocycles. The van der Waals surface area contributed by atoms with Gasteiger partial charge in [0, 0.05) is 26.3 Å². The maximum Gasteiger partial charge on any atom is 0.409 e. The fourth-order valence-electron chi connectivity index (χ4n) is 1.85. The van der Waals surface area contributed by atoms with Crippen molar-refractivity contribution in [1.29, 1.82) is 0 Å². The number of benzene rings is 1. The molecule has 0 aliphatic carbocycles. The number of nitrogens with two attached hydrogens (primary N) is 1. The van der Waals surface area contributed by atoms with E-state index in [4.69, 9.17) is 10.5 Å². The highest BCUT2D eigenvalue weighted by molar-refractivity contribution is 5.67. The minimum atomic E-state index is -0.357. The van der Waals surface area contributed by atoms with Gasteiger partial charge in [0.1, 0.15) is 12.4 Å². The van der Waals surface area contributed by atoms with Gasteiger partial charge in [-0.05, 0) is 17.7 Å². The number of anilines is 2. The first-order chi connectivity index (χ1) is 10.7. The van der Waals surface area contributed by atoms with E-state index in [0.717, 1.165) is 11.3 Å². The Morgan fingerprint density at radius 3 is 2.77 bits per heavy atom. The van der Waals surface area contributed by atoms with Gasteiger partial charge in [0.25, 0.3) is 0 Å². The molecule has 0 saturated carbocycles. The van der Waals surface area contributed by atoms with E-state index in [1.54, 1.807) is 19.3 Å². The number of nitrogen functional groups attached to an aromatic ring is 1. The molecule has 116 valence electrons. The lowest BCUT2D eigenvalue weighted by Crippen LogP contribution is -2.32. The number of ether oxygens (including phenoxy) is 1. The molecule has 3 N–H and O–H groups in total. The van der Waals surface area contributed by atoms with Crippen molar-refractivity contribution in [2.75, 3.05) is 31.2 Å². The molecular weight excluding hydrogens is 280 g/mol. The number of likely N-dealkylation sites (N-methyl/N-ethyl adjacent to an activating group) is 1. The molecule has 1 heterocycles. The van der Waals surface area contributed by atoms with Crippen LogP contribution < -0.4 is 11.1 Å². The molecule has 0 atom stereocenters. The Morgan fingerprint density at radius 2 is 2.05 bits per heavy atom. The number of carbonyl (C=O) groups excluding carboxylic acids is 1. The maximum atomic E-state index is 11.9. The molecule has 2 rings (SSSR count). The average Bonchev–Trinajstić information content (AvgIpc) is 2.55. The van der Waals surface area contributed by atoms with Crippen molar-refractivity contribution < 1.29 is 9.53 Å². The fourth-order valence-corrected chi connectivity index (χ4v) is 1.85. The van der Waals surface area contributed by atoms with Crippen LogP contribution in [0.15, 0.2) is 48.7 Å². The van der Waals surface area contributed by atoms with E-state index in [2.05, 4.69) is 10.3 Å². The molecule has 0 unspecified atom stereocenters. The van der Waals surface area contributed by atoms with Crippen molar-refractivity contribution in [2.45, 2.75) is 6.61 Å². The van der Waals surface area contributed by atoms with E-state index < -0.39 is 0 Å². The molecule has 0 aliphatic rings. The van der Waals surface area contributed by atoms with Gasteiger partial charge in [-0.1, -0.05) is 30.3 Å². The summed E-state index contributed by atoms with van der Waals surface area (Å²) in [5, 5.41) is 3.14. The Balaban J connectivity index is 1.71. The van der Waals surface area contributed by atoms with E-state index in [1.165, 1.54) is 4.90 Å². The number of hydrogen-bond donors (Lipinski definition) is 2. The van der Waals surface area contributed by atoms with Crippen LogP contribution in [0.2, 0.25) is 0 Å². The summed E-state index contributed by atoms with van der Waals surface area (Å²) in [7, 11) is 1.70. The van der Waals surface area contributed by atoms with Crippen LogP contribution in [-0.2, 0) is 11.3 Å². The second-order valence-corrected chi connectivity index (χ2v) is 4.82. The smallest absolute Gasteiger partial charge is 0.409 e. The van der Waals surface area contributed by atoms with E-state index in [9.17, 15) is 4.79 Å². The van der Waals surface area contributed by atoms with E-state index in [1.807, 2.05) is 36.4 Å². The Bertz CT molecular complexity index is 604. The lowest BCUT2D eigenvalue weighted by atomic mass is 10.2. The molecule has 6 heteroatoms. The molecule has 22 heavy (non-hydrogen) atoms. The molecular formula is C16H20N4O2. The largest absolute Gasteiger partial charge is 0.445 e. The van der Waals surface area contributed by atoms with Crippen molar-refractivity contribution in [3.05, 3.63) is 54.2 Å². The third-order valence-electron chi connectivity index (χ3n) is 3.12. The van der Waals surface area contributed by atoms with Gasteiger partial charge in [-0.3, -0.25) is 0 Å². The zero-order valence-corrected chi connectivity index (χ0v) is 12.5. The van der Waals surface area contributed by atoms with Crippen molar-refractivity contribution in [1.82, 2.24) is 9.88 Å². The van der Waals surface area contributed by atoms with Crippen molar-refractivity contribution >= 4 is 17.6 Å². The SMILES string of the molecule is CN(CCNc1cccnc1N)C(=O)OCc1ccccc1. The summed E-state index contributed by atoms with van der Waals surface area (Å²) in [6, 6.07) is 13.2. The molecule has 0 spiro atoms. The lowest BCUT2D eigenvalue weighted by Gasteiger charge is -2.18. The Hall–Kier alpha value is -2.76. The number of rotatable bonds is 6. The van der Waals surface area contributed by atoms with E-state index >= 15 is 0 Å². The molecule has 0 fully saturated rings. The fraction of sp³-hybridized carbons (Fsp3) is 0.250. The predicted molar refractivity (Wildman–Crippen MR) is 86.4 cm³/mol. The lowest BCUT2D eigenvalue weighted by molar-refractivity contribution is 0.106. The number of pyridine rings is 1. The highest BCUT2D eigenvalue weighted by Gasteiger charge is 2.09. The summed E-state index contributed by atoms with van der Waals surface area (Å²) in [4.78, 5) is 17.4. The van der Waals surface area contributed by atoms with Crippen LogP contribution in [0, 0.1) is 0 Å². The zero-order chi connectivity index (χ0) is 15.8. The summed E-state index contributed by atoms with van der Waals surface area (Å²) in [6.45, 7) is 1.34. The van der Waals surface area contributed by atoms with Gasteiger partial charge in [0.05, 0.1) is 5.69 Å². The number of aromatic nitrogens is 1. The Kier molecular flexibility index (Phi) is 5.59. The first-order valence-electron chi connectivity index (χ1n) is 7.03. The van der Waals surface area contributed by atoms with Crippen LogP contribution in [0.1, 0.15) is 5.56 Å². The normalized spacial score (nSPS) is 10.0. The monoisotopic (exact) mass is 300 g/mol. The molecule has 0 saturated heterocycles. The summed E-state index contributed by atoms with van der Waals surface area (Å²) in [5.74, 6) is 0.441. The van der Waals surface area contributed by atoms with Gasteiger partial charge in [0.2, 0.25) is 0 Å². The van der Waals surface area contributed by atoms with E-state index in [-0.39, 0.29) is 12.7 Å². The van der Waals surface area contributed by atoms with Crippen molar-refractivity contribution in [3.8, 4) is 0 Å². The third-order valence-corrected chi connectivity index (χ3v) is 3.12. The predicted octanol–water partition coefficient (Wildman–Crippen LogP) is 2.34. The summed E-state index contributed by atoms with van der Waals surface area (Å²) in [6.07, 6.45) is 1.28. The first-order valence-corrected chi connectivity index (χ1v) is 7.03. The van der Waals surface area contributed by atoms with Crippen molar-refractivity contribution in [2.24, 2.45) is 0 Å². The molecule has 2 aromatic rings. The van der Waals surface area contributed by atoms with E-state index in [0.29, 0.717) is 18.9 Å². The van der Waals surface area contributed by atoms with Crippen LogP contribution in [0.5, 0.6) is 0 Å². The Labute approximate surface area is 129 Å². The summed E-state index contributed by atoms with van der Waals surface area (Å²) in [5.41, 5.74) is 7.45. The molecule has 1 amide bonds. The highest BCUT2D eigenvalue weighted by Crippen LogP contribution is 2.12. The second-order valence-electron chi connectivity index (χ2n) is 4.82. The standard InChI is InChI=1S/C16H20N4O2/c1-20(11-10-18-14-8-5-9-19-15(14)17)16(21)22-12-13-6-3-2-4-7-13/h2-9,18H,10-12H2,1H3,(H2,17,19). The van der Waals surface area contributed by atoms with Gasteiger partial charge in [-0.25, -0.2) is 9.78 Å². The highest BCUT2D eigenvalue weighted by atomic mass is 16.6. The molecule has 0 aliphatic heterocycles. The van der Waals surface area contributed by atoms with Crippen LogP contribution in [0.4, 0.5) is 16.3 Å². The van der Waals surface area contributed by atoms with Gasteiger partial charge >= 0.3 is 6.09 Å². The first kappa shape index (κ1) is 15.6. The minimum Gasteiger partial charge on any atom is -0.445 e. The number of hydrogen-bond acceptors (Lipinski definition) is 5. The van der Waals surface area contributed by atoms with Gasteiger partial charge in [-0.15, -0.1) is 0 Å². The van der Waals surface area contributed by atoms with Crippen LogP contribution >= 0.6 is 0 Å². The summed E-state index contributed by atoms with van der Waals surface area (Å²) >= 11 is 0. The molecule has 0 bridgehead atoms. The maximum absolute atomic E-state index is 11.9. The Morgan fingerprint density at radius 1 is 1.27 bits per heavy atom. The van der Waals surface area contributed by atoms with Crippen LogP contribution in [0.25, 0.3) is 0 Å². The van der Waals surface area contributed by atoms with Crippen LogP contribution in [-0.4, -0.2) is 36.1 Å². The summed E-state index contributed by atoms with van der Waals surface area (Å²) < 4.78 is 5.24. The second kappa shape index (κ2) is 7.87. The number of carbonyl (C=O) groups is 1. The minimum absolute atomic E-state index is 0.271. The van der Waals surface area contributed by atoms with Gasteiger partial charge in [-0.2, -0.15) is 0 Å². The molecule has 6 nitrogen and oxygen atoms in total. The third kappa shape index (κ3) is 4.66. The number of amides is 1.